The Balaban J connectivity index is 3.01. The van der Waals surface area contributed by atoms with E-state index in [4.69, 9.17) is 6.42 Å². The molecule has 0 amide bonds. The van der Waals surface area contributed by atoms with Crippen molar-refractivity contribution in [2.75, 3.05) is 34.7 Å². The average molecular weight is 201 g/mol. The van der Waals surface area contributed by atoms with Gasteiger partial charge in [0, 0.05) is 6.54 Å². The van der Waals surface area contributed by atoms with Crippen molar-refractivity contribution in [3.63, 3.8) is 0 Å². The number of rotatable bonds is 1. The fraction of sp³-hybridized carbons (Fsp3) is 0.750. The molecule has 1 aliphatic heterocycles. The molecule has 4 nitrogen and oxygen atoms in total. The van der Waals surface area contributed by atoms with E-state index in [2.05, 4.69) is 5.92 Å². The summed E-state index contributed by atoms with van der Waals surface area (Å²) in [6, 6.07) is -0.0433. The first-order chi connectivity index (χ1) is 5.94. The lowest BCUT2D eigenvalue weighted by atomic mass is 10.3. The third-order valence-corrected chi connectivity index (χ3v) is 5.65. The normalized spacial score (nSPS) is 36.8. The highest BCUT2D eigenvalue weighted by Crippen LogP contribution is 2.57. The number of hydrogen-bond donors (Lipinski definition) is 0. The van der Waals surface area contributed by atoms with Gasteiger partial charge in [0.05, 0.1) is 6.04 Å². The second-order valence-corrected chi connectivity index (χ2v) is 6.60. The van der Waals surface area contributed by atoms with Crippen molar-refractivity contribution >= 4 is 7.59 Å². The Morgan fingerprint density at radius 3 is 2.31 bits per heavy atom. The monoisotopic (exact) mass is 201 g/mol. The summed E-state index contributed by atoms with van der Waals surface area (Å²) >= 11 is 0. The summed E-state index contributed by atoms with van der Waals surface area (Å²) < 4.78 is 17.8. The van der Waals surface area contributed by atoms with Gasteiger partial charge in [-0.2, -0.15) is 0 Å². The van der Waals surface area contributed by atoms with Gasteiger partial charge in [-0.15, -0.1) is 6.42 Å². The maximum Gasteiger partial charge on any atom is 0.287 e. The molecule has 1 fully saturated rings. The lowest BCUT2D eigenvalue weighted by Crippen LogP contribution is -2.27. The third kappa shape index (κ3) is 1.43. The van der Waals surface area contributed by atoms with E-state index in [-0.39, 0.29) is 6.04 Å². The van der Waals surface area contributed by atoms with Gasteiger partial charge >= 0.3 is 0 Å². The first kappa shape index (κ1) is 10.7. The molecule has 0 bridgehead atoms. The van der Waals surface area contributed by atoms with E-state index in [0.29, 0.717) is 6.54 Å². The Labute approximate surface area is 80.0 Å². The molecule has 1 heterocycles. The van der Waals surface area contributed by atoms with Crippen LogP contribution in [0.2, 0.25) is 0 Å². The molecule has 0 aromatic rings. The highest BCUT2D eigenvalue weighted by atomic mass is 31.2. The van der Waals surface area contributed by atoms with Gasteiger partial charge in [-0.05, 0) is 28.2 Å². The highest BCUT2D eigenvalue weighted by Gasteiger charge is 2.45. The number of hydrogen-bond acceptors (Lipinski definition) is 1. The largest absolute Gasteiger partial charge is 0.287 e. The summed E-state index contributed by atoms with van der Waals surface area (Å²) in [6.07, 6.45) is 5.35. The molecule has 2 unspecified atom stereocenters. The minimum Gasteiger partial charge on any atom is -0.270 e. The molecule has 0 spiro atoms. The van der Waals surface area contributed by atoms with Crippen LogP contribution < -0.4 is 0 Å². The first-order valence-corrected chi connectivity index (χ1v) is 5.70. The topological polar surface area (TPSA) is 26.8 Å². The lowest BCUT2D eigenvalue weighted by Gasteiger charge is -2.30. The minimum absolute atomic E-state index is 0.0433. The van der Waals surface area contributed by atoms with Crippen LogP contribution in [0.15, 0.2) is 0 Å². The van der Waals surface area contributed by atoms with E-state index in [1.54, 1.807) is 9.34 Å². The van der Waals surface area contributed by atoms with Gasteiger partial charge < -0.3 is 0 Å². The smallest absolute Gasteiger partial charge is 0.270 e. The average Bonchev–Trinajstić information content (AvgIpc) is 2.30. The van der Waals surface area contributed by atoms with Gasteiger partial charge in [-0.25, -0.2) is 14.0 Å². The molecule has 2 atom stereocenters. The van der Waals surface area contributed by atoms with E-state index in [0.717, 1.165) is 0 Å². The van der Waals surface area contributed by atoms with Crippen molar-refractivity contribution in [1.82, 2.24) is 14.0 Å². The standard InChI is InChI=1S/C8H16N3OP/c1-6-8-7-10(4)13(12,9(2)3)11(8)5/h1,8H,7H2,2-5H3. The Hall–Kier alpha value is -0.330. The Kier molecular flexibility index (Phi) is 2.84. The van der Waals surface area contributed by atoms with Crippen molar-refractivity contribution in [2.24, 2.45) is 0 Å². The second-order valence-electron chi connectivity index (χ2n) is 3.46. The Bertz CT molecular complexity index is 284. The van der Waals surface area contributed by atoms with Gasteiger partial charge in [-0.3, -0.25) is 4.57 Å². The van der Waals surface area contributed by atoms with E-state index in [1.165, 1.54) is 0 Å². The van der Waals surface area contributed by atoms with Gasteiger partial charge in [0.2, 0.25) is 0 Å². The Morgan fingerprint density at radius 1 is 1.54 bits per heavy atom. The summed E-state index contributed by atoms with van der Waals surface area (Å²) in [5.41, 5.74) is 0. The van der Waals surface area contributed by atoms with Crippen LogP contribution >= 0.6 is 7.59 Å². The van der Waals surface area contributed by atoms with Crippen molar-refractivity contribution < 1.29 is 4.57 Å². The van der Waals surface area contributed by atoms with Crippen LogP contribution in [0.4, 0.5) is 0 Å². The van der Waals surface area contributed by atoms with E-state index >= 15 is 0 Å². The van der Waals surface area contributed by atoms with Crippen molar-refractivity contribution in [2.45, 2.75) is 6.04 Å². The summed E-state index contributed by atoms with van der Waals surface area (Å²) in [5.74, 6) is 2.64. The number of terminal acetylenes is 1. The molecule has 1 rings (SSSR count). The molecule has 1 aliphatic rings. The summed E-state index contributed by atoms with van der Waals surface area (Å²) in [6.45, 7) is 0.669. The minimum atomic E-state index is -2.54. The molecule has 0 aliphatic carbocycles. The van der Waals surface area contributed by atoms with Gasteiger partial charge in [0.25, 0.3) is 7.59 Å². The molecular weight excluding hydrogens is 185 g/mol. The van der Waals surface area contributed by atoms with E-state index in [9.17, 15) is 4.57 Å². The molecule has 1 saturated heterocycles. The van der Waals surface area contributed by atoms with Gasteiger partial charge in [0.15, 0.2) is 0 Å². The Morgan fingerprint density at radius 2 is 2.08 bits per heavy atom. The van der Waals surface area contributed by atoms with E-state index < -0.39 is 7.59 Å². The summed E-state index contributed by atoms with van der Waals surface area (Å²) in [4.78, 5) is 0. The zero-order chi connectivity index (χ0) is 10.2. The quantitative estimate of drug-likeness (QED) is 0.457. The van der Waals surface area contributed by atoms with Gasteiger partial charge in [-0.1, -0.05) is 5.92 Å². The third-order valence-electron chi connectivity index (χ3n) is 2.46. The SMILES string of the molecule is C#CC1CN(C)P(=O)(N(C)C)N1C. The molecule has 0 radical (unpaired) electrons. The molecular formula is C8H16N3OP. The summed E-state index contributed by atoms with van der Waals surface area (Å²) in [5, 5.41) is 0. The van der Waals surface area contributed by atoms with Crippen LogP contribution in [0.5, 0.6) is 0 Å². The fourth-order valence-corrected chi connectivity index (χ4v) is 4.17. The highest BCUT2D eigenvalue weighted by molar-refractivity contribution is 7.56. The maximum absolute atomic E-state index is 12.4. The van der Waals surface area contributed by atoms with Crippen LogP contribution in [0.1, 0.15) is 0 Å². The van der Waals surface area contributed by atoms with Gasteiger partial charge in [0.1, 0.15) is 0 Å². The van der Waals surface area contributed by atoms with Crippen LogP contribution in [0.3, 0.4) is 0 Å². The van der Waals surface area contributed by atoms with Crippen molar-refractivity contribution in [3.05, 3.63) is 0 Å². The van der Waals surface area contributed by atoms with Crippen LogP contribution in [0.25, 0.3) is 0 Å². The molecule has 0 N–H and O–H groups in total. The zero-order valence-electron chi connectivity index (χ0n) is 8.56. The fourth-order valence-electron chi connectivity index (χ4n) is 1.65. The second kappa shape index (κ2) is 3.43. The maximum atomic E-state index is 12.4. The number of nitrogens with zero attached hydrogens (tertiary/aromatic N) is 3. The summed E-state index contributed by atoms with van der Waals surface area (Å²) in [7, 11) is 4.74. The molecule has 0 saturated carbocycles. The predicted octanol–water partition coefficient (Wildman–Crippen LogP) is 0.535. The van der Waals surface area contributed by atoms with E-state index in [1.807, 2.05) is 32.9 Å². The molecule has 0 aromatic carbocycles. The zero-order valence-corrected chi connectivity index (χ0v) is 9.45. The molecule has 74 valence electrons. The first-order valence-electron chi connectivity index (χ1n) is 4.13. The predicted molar refractivity (Wildman–Crippen MR) is 54.3 cm³/mol. The van der Waals surface area contributed by atoms with Crippen LogP contribution in [-0.2, 0) is 4.57 Å². The molecule has 5 heteroatoms. The molecule has 13 heavy (non-hydrogen) atoms. The number of likely N-dealkylation sites (N-methyl/N-ethyl adjacent to an activating group) is 2. The van der Waals surface area contributed by atoms with Crippen LogP contribution in [-0.4, -0.2) is 54.8 Å². The van der Waals surface area contributed by atoms with Crippen LogP contribution in [0, 0.1) is 12.3 Å². The molecule has 0 aromatic heterocycles. The lowest BCUT2D eigenvalue weighted by molar-refractivity contribution is 0.411. The van der Waals surface area contributed by atoms with Crippen molar-refractivity contribution in [3.8, 4) is 12.3 Å². The van der Waals surface area contributed by atoms with Crippen molar-refractivity contribution in [1.29, 1.82) is 0 Å².